The van der Waals surface area contributed by atoms with Crippen molar-refractivity contribution in [3.8, 4) is 6.07 Å². The lowest BCUT2D eigenvalue weighted by Crippen LogP contribution is -2.12. The van der Waals surface area contributed by atoms with E-state index >= 15 is 0 Å². The summed E-state index contributed by atoms with van der Waals surface area (Å²) in [6, 6.07) is 16.9. The molecule has 21 heavy (non-hydrogen) atoms. The van der Waals surface area contributed by atoms with Crippen molar-refractivity contribution in [3.63, 3.8) is 0 Å². The van der Waals surface area contributed by atoms with Gasteiger partial charge in [0.15, 0.2) is 0 Å². The summed E-state index contributed by atoms with van der Waals surface area (Å²) < 4.78 is 0. The Bertz CT molecular complexity index is 656. The molecule has 2 aromatic carbocycles. The first-order chi connectivity index (χ1) is 10.2. The molecule has 0 aliphatic carbocycles. The third kappa shape index (κ3) is 4.66. The van der Waals surface area contributed by atoms with Gasteiger partial charge in [0.1, 0.15) is 0 Å². The van der Waals surface area contributed by atoms with Gasteiger partial charge < -0.3 is 11.1 Å². The van der Waals surface area contributed by atoms with E-state index in [2.05, 4.69) is 11.4 Å². The predicted octanol–water partition coefficient (Wildman–Crippen LogP) is 2.91. The zero-order valence-electron chi connectivity index (χ0n) is 11.7. The van der Waals surface area contributed by atoms with Gasteiger partial charge >= 0.3 is 0 Å². The molecule has 0 bridgehead atoms. The summed E-state index contributed by atoms with van der Waals surface area (Å²) in [6.07, 6.45) is 1.44. The first kappa shape index (κ1) is 14.6. The van der Waals surface area contributed by atoms with E-state index in [1.165, 1.54) is 0 Å². The van der Waals surface area contributed by atoms with Gasteiger partial charge in [-0.25, -0.2) is 0 Å². The summed E-state index contributed by atoms with van der Waals surface area (Å²) in [7, 11) is 0. The summed E-state index contributed by atoms with van der Waals surface area (Å²) in [5.41, 5.74) is 9.15. The maximum atomic E-state index is 11.9. The van der Waals surface area contributed by atoms with Crippen LogP contribution in [0.4, 0.5) is 11.4 Å². The topological polar surface area (TPSA) is 78.9 Å². The predicted molar refractivity (Wildman–Crippen MR) is 83.6 cm³/mol. The van der Waals surface area contributed by atoms with Crippen LogP contribution in [0.25, 0.3) is 0 Å². The average molecular weight is 279 g/mol. The molecule has 2 rings (SSSR count). The molecule has 4 nitrogen and oxygen atoms in total. The fraction of sp³-hybridized carbons (Fsp3) is 0.176. The van der Waals surface area contributed by atoms with Crippen LogP contribution in [0.1, 0.15) is 17.5 Å². The monoisotopic (exact) mass is 279 g/mol. The Morgan fingerprint density at radius 1 is 1.14 bits per heavy atom. The van der Waals surface area contributed by atoms with Crippen LogP contribution in [0.15, 0.2) is 48.5 Å². The largest absolute Gasteiger partial charge is 0.399 e. The van der Waals surface area contributed by atoms with Gasteiger partial charge in [-0.15, -0.1) is 0 Å². The molecule has 0 aliphatic rings. The van der Waals surface area contributed by atoms with Crippen LogP contribution in [0.5, 0.6) is 0 Å². The van der Waals surface area contributed by atoms with Crippen molar-refractivity contribution in [3.05, 3.63) is 59.7 Å². The second kappa shape index (κ2) is 7.11. The number of rotatable bonds is 5. The number of amides is 1. The molecule has 0 unspecified atom stereocenters. The van der Waals surface area contributed by atoms with Crippen LogP contribution in [0.2, 0.25) is 0 Å². The molecule has 2 aromatic rings. The molecule has 3 N–H and O–H groups in total. The molecular weight excluding hydrogens is 262 g/mol. The van der Waals surface area contributed by atoms with E-state index < -0.39 is 0 Å². The number of hydrogen-bond donors (Lipinski definition) is 2. The molecule has 106 valence electrons. The third-order valence-corrected chi connectivity index (χ3v) is 3.11. The molecule has 0 spiro atoms. The lowest BCUT2D eigenvalue weighted by molar-refractivity contribution is -0.116. The van der Waals surface area contributed by atoms with Crippen molar-refractivity contribution < 1.29 is 4.79 Å². The number of hydrogen-bond acceptors (Lipinski definition) is 3. The highest BCUT2D eigenvalue weighted by molar-refractivity contribution is 5.90. The Hall–Kier alpha value is -2.80. The molecule has 0 fully saturated rings. The Balaban J connectivity index is 1.85. The number of carbonyl (C=O) groups is 1. The lowest BCUT2D eigenvalue weighted by atomic mass is 10.1. The van der Waals surface area contributed by atoms with Gasteiger partial charge in [-0.3, -0.25) is 4.79 Å². The number of carbonyl (C=O) groups excluding carboxylic acids is 1. The number of benzene rings is 2. The zero-order chi connectivity index (χ0) is 15.1. The van der Waals surface area contributed by atoms with Crippen molar-refractivity contribution >= 4 is 17.3 Å². The van der Waals surface area contributed by atoms with E-state index in [9.17, 15) is 4.79 Å². The highest BCUT2D eigenvalue weighted by Gasteiger charge is 2.03. The second-order valence-electron chi connectivity index (χ2n) is 4.83. The molecule has 0 atom stereocenters. The van der Waals surface area contributed by atoms with Crippen LogP contribution in [-0.2, 0) is 17.6 Å². The lowest BCUT2D eigenvalue weighted by Gasteiger charge is -2.06. The Morgan fingerprint density at radius 2 is 1.90 bits per heavy atom. The highest BCUT2D eigenvalue weighted by Crippen LogP contribution is 2.12. The van der Waals surface area contributed by atoms with Crippen LogP contribution < -0.4 is 11.1 Å². The Morgan fingerprint density at radius 3 is 2.57 bits per heavy atom. The summed E-state index contributed by atoms with van der Waals surface area (Å²) in [5.74, 6) is -0.0366. The number of nitrogens with two attached hydrogens (primary N) is 1. The van der Waals surface area contributed by atoms with Crippen molar-refractivity contribution in [1.29, 1.82) is 5.26 Å². The van der Waals surface area contributed by atoms with Crippen LogP contribution >= 0.6 is 0 Å². The molecule has 4 heteroatoms. The van der Waals surface area contributed by atoms with E-state index in [0.29, 0.717) is 24.9 Å². The molecule has 1 amide bonds. The fourth-order valence-electron chi connectivity index (χ4n) is 2.03. The van der Waals surface area contributed by atoms with Crippen molar-refractivity contribution in [2.75, 3.05) is 11.1 Å². The number of anilines is 2. The van der Waals surface area contributed by atoms with Crippen molar-refractivity contribution in [2.24, 2.45) is 0 Å². The standard InChI is InChI=1S/C17H17N3O/c18-11-10-13-4-7-16(8-5-13)20-17(21)9-6-14-2-1-3-15(19)12-14/h1-5,7-8,12H,6,9-10,19H2,(H,20,21). The van der Waals surface area contributed by atoms with Gasteiger partial charge in [0, 0.05) is 17.8 Å². The van der Waals surface area contributed by atoms with E-state index in [1.54, 1.807) is 0 Å². The van der Waals surface area contributed by atoms with Gasteiger partial charge in [0.2, 0.25) is 5.91 Å². The molecule has 0 saturated carbocycles. The Kier molecular flexibility index (Phi) is 4.94. The minimum atomic E-state index is -0.0366. The molecule has 0 saturated heterocycles. The zero-order valence-corrected chi connectivity index (χ0v) is 11.7. The number of aryl methyl sites for hydroxylation is 1. The summed E-state index contributed by atoms with van der Waals surface area (Å²) in [4.78, 5) is 11.9. The molecule has 0 aliphatic heterocycles. The molecule has 0 radical (unpaired) electrons. The van der Waals surface area contributed by atoms with E-state index in [4.69, 9.17) is 11.0 Å². The van der Waals surface area contributed by atoms with Gasteiger partial charge in [-0.1, -0.05) is 24.3 Å². The number of nitrogen functional groups attached to an aromatic ring is 1. The van der Waals surface area contributed by atoms with Gasteiger partial charge in [0.25, 0.3) is 0 Å². The van der Waals surface area contributed by atoms with E-state index in [0.717, 1.165) is 16.8 Å². The van der Waals surface area contributed by atoms with Gasteiger partial charge in [-0.05, 0) is 41.8 Å². The van der Waals surface area contributed by atoms with E-state index in [1.807, 2.05) is 48.5 Å². The number of nitrogens with one attached hydrogen (secondary N) is 1. The number of nitrogens with zero attached hydrogens (tertiary/aromatic N) is 1. The number of nitriles is 1. The minimum Gasteiger partial charge on any atom is -0.399 e. The average Bonchev–Trinajstić information content (AvgIpc) is 2.48. The van der Waals surface area contributed by atoms with Crippen LogP contribution in [0.3, 0.4) is 0 Å². The third-order valence-electron chi connectivity index (χ3n) is 3.11. The first-order valence-electron chi connectivity index (χ1n) is 6.77. The van der Waals surface area contributed by atoms with Crippen molar-refractivity contribution in [2.45, 2.75) is 19.3 Å². The van der Waals surface area contributed by atoms with E-state index in [-0.39, 0.29) is 5.91 Å². The second-order valence-corrected chi connectivity index (χ2v) is 4.83. The van der Waals surface area contributed by atoms with Gasteiger partial charge in [0.05, 0.1) is 12.5 Å². The smallest absolute Gasteiger partial charge is 0.224 e. The normalized spacial score (nSPS) is 9.86. The molecular formula is C17H17N3O. The van der Waals surface area contributed by atoms with Crippen LogP contribution in [-0.4, -0.2) is 5.91 Å². The van der Waals surface area contributed by atoms with Crippen LogP contribution in [0, 0.1) is 11.3 Å². The van der Waals surface area contributed by atoms with Gasteiger partial charge in [-0.2, -0.15) is 5.26 Å². The minimum absolute atomic E-state index is 0.0366. The maximum absolute atomic E-state index is 11.9. The SMILES string of the molecule is N#CCc1ccc(NC(=O)CCc2cccc(N)c2)cc1. The first-order valence-corrected chi connectivity index (χ1v) is 6.77. The summed E-state index contributed by atoms with van der Waals surface area (Å²) in [6.45, 7) is 0. The fourth-order valence-corrected chi connectivity index (χ4v) is 2.03. The highest BCUT2D eigenvalue weighted by atomic mass is 16.1. The Labute approximate surface area is 124 Å². The summed E-state index contributed by atoms with van der Waals surface area (Å²) >= 11 is 0. The summed E-state index contributed by atoms with van der Waals surface area (Å²) in [5, 5.41) is 11.4. The molecule has 0 aromatic heterocycles. The quantitative estimate of drug-likeness (QED) is 0.826. The maximum Gasteiger partial charge on any atom is 0.224 e. The van der Waals surface area contributed by atoms with Crippen molar-refractivity contribution in [1.82, 2.24) is 0 Å². The molecule has 0 heterocycles.